The minimum absolute atomic E-state index is 0.300. The molecule has 4 rings (SSSR count). The van der Waals surface area contributed by atoms with Gasteiger partial charge >= 0.3 is 0 Å². The zero-order chi connectivity index (χ0) is 17.8. The maximum atomic E-state index is 13.4. The van der Waals surface area contributed by atoms with Crippen LogP contribution in [0.3, 0.4) is 0 Å². The van der Waals surface area contributed by atoms with Gasteiger partial charge < -0.3 is 15.0 Å². The molecule has 1 aromatic carbocycles. The zero-order valence-corrected chi connectivity index (χ0v) is 15.9. The van der Waals surface area contributed by atoms with Gasteiger partial charge in [-0.05, 0) is 48.4 Å². The van der Waals surface area contributed by atoms with Crippen LogP contribution in [0.2, 0.25) is 0 Å². The number of thiophene rings is 1. The largest absolute Gasteiger partial charge is 0.378 e. The summed E-state index contributed by atoms with van der Waals surface area (Å²) in [4.78, 5) is 16.7. The van der Waals surface area contributed by atoms with Gasteiger partial charge in [-0.3, -0.25) is 4.79 Å². The average Bonchev–Trinajstić information content (AvgIpc) is 3.24. The van der Waals surface area contributed by atoms with Crippen molar-refractivity contribution in [3.63, 3.8) is 0 Å². The van der Waals surface area contributed by atoms with Gasteiger partial charge in [-0.25, -0.2) is 0 Å². The van der Waals surface area contributed by atoms with E-state index in [9.17, 15) is 4.79 Å². The number of piperidine rings is 1. The number of rotatable bonds is 4. The van der Waals surface area contributed by atoms with Gasteiger partial charge in [-0.2, -0.15) is 0 Å². The van der Waals surface area contributed by atoms with E-state index < -0.39 is 0 Å². The monoisotopic (exact) mass is 370 g/mol. The van der Waals surface area contributed by atoms with Gasteiger partial charge in [0.15, 0.2) is 0 Å². The van der Waals surface area contributed by atoms with Crippen LogP contribution < -0.4 is 5.32 Å². The molecule has 2 aliphatic rings. The molecule has 2 aliphatic heterocycles. The standard InChI is InChI=1S/C21H26N2O2S/c24-20(23-9-11-25-12-10-23)21(7-3-8-22-16-21)15-17-4-1-5-18(14-17)19-6-2-13-26-19/h1-2,4-6,13-14,22H,3,7-12,15-16H2. The SMILES string of the molecule is O=C(N1CCOCC1)C1(Cc2cccc(-c3cccs3)c2)CCCNC1. The fourth-order valence-corrected chi connectivity index (χ4v) is 4.87. The second-order valence-corrected chi connectivity index (χ2v) is 8.27. The highest BCUT2D eigenvalue weighted by Crippen LogP contribution is 2.35. The zero-order valence-electron chi connectivity index (χ0n) is 15.1. The summed E-state index contributed by atoms with van der Waals surface area (Å²) in [6.07, 6.45) is 2.82. The molecular weight excluding hydrogens is 344 g/mol. The lowest BCUT2D eigenvalue weighted by atomic mass is 9.74. The van der Waals surface area contributed by atoms with Crippen LogP contribution in [0.15, 0.2) is 41.8 Å². The van der Waals surface area contributed by atoms with E-state index in [2.05, 4.69) is 47.1 Å². The maximum Gasteiger partial charge on any atom is 0.230 e. The van der Waals surface area contributed by atoms with Crippen LogP contribution in [0.4, 0.5) is 0 Å². The molecule has 3 heterocycles. The Balaban J connectivity index is 1.59. The van der Waals surface area contributed by atoms with E-state index in [0.717, 1.165) is 45.4 Å². The molecule has 0 aliphatic carbocycles. The summed E-state index contributed by atoms with van der Waals surface area (Å²) in [6, 6.07) is 12.9. The molecule has 5 heteroatoms. The van der Waals surface area contributed by atoms with Crippen molar-refractivity contribution in [2.75, 3.05) is 39.4 Å². The summed E-state index contributed by atoms with van der Waals surface area (Å²) in [7, 11) is 0. The maximum absolute atomic E-state index is 13.4. The Morgan fingerprint density at radius 3 is 2.85 bits per heavy atom. The molecule has 0 bridgehead atoms. The Morgan fingerprint density at radius 2 is 2.12 bits per heavy atom. The Bertz CT molecular complexity index is 732. The van der Waals surface area contributed by atoms with E-state index >= 15 is 0 Å². The first-order chi connectivity index (χ1) is 12.8. The van der Waals surface area contributed by atoms with Gasteiger partial charge in [0, 0.05) is 24.5 Å². The molecule has 1 unspecified atom stereocenters. The summed E-state index contributed by atoms with van der Waals surface area (Å²) in [5.74, 6) is 0.300. The molecule has 0 spiro atoms. The topological polar surface area (TPSA) is 41.6 Å². The second-order valence-electron chi connectivity index (χ2n) is 7.32. The quantitative estimate of drug-likeness (QED) is 0.899. The lowest BCUT2D eigenvalue weighted by Gasteiger charge is -2.41. The number of ether oxygens (including phenoxy) is 1. The predicted molar refractivity (Wildman–Crippen MR) is 105 cm³/mol. The smallest absolute Gasteiger partial charge is 0.230 e. The number of nitrogens with zero attached hydrogens (tertiary/aromatic N) is 1. The number of carbonyl (C=O) groups excluding carboxylic acids is 1. The molecule has 2 aromatic rings. The van der Waals surface area contributed by atoms with Crippen LogP contribution in [-0.4, -0.2) is 50.2 Å². The number of hydrogen-bond donors (Lipinski definition) is 1. The first kappa shape index (κ1) is 17.7. The van der Waals surface area contributed by atoms with Crippen LogP contribution in [0.25, 0.3) is 10.4 Å². The normalized spacial score (nSPS) is 23.8. The van der Waals surface area contributed by atoms with Crippen LogP contribution in [0.5, 0.6) is 0 Å². The van der Waals surface area contributed by atoms with Crippen LogP contribution in [-0.2, 0) is 16.0 Å². The highest BCUT2D eigenvalue weighted by molar-refractivity contribution is 7.13. The summed E-state index contributed by atoms with van der Waals surface area (Å²) < 4.78 is 5.44. The van der Waals surface area contributed by atoms with E-state index in [1.807, 2.05) is 4.90 Å². The second kappa shape index (κ2) is 7.91. The molecule has 0 saturated carbocycles. The number of amides is 1. The van der Waals surface area contributed by atoms with Gasteiger partial charge in [0.05, 0.1) is 18.6 Å². The number of carbonyl (C=O) groups is 1. The van der Waals surface area contributed by atoms with Crippen molar-refractivity contribution < 1.29 is 9.53 Å². The molecular formula is C21H26N2O2S. The van der Waals surface area contributed by atoms with E-state index in [4.69, 9.17) is 4.74 Å². The summed E-state index contributed by atoms with van der Waals surface area (Å²) >= 11 is 1.76. The van der Waals surface area contributed by atoms with Crippen molar-refractivity contribution in [2.24, 2.45) is 5.41 Å². The fraction of sp³-hybridized carbons (Fsp3) is 0.476. The molecule has 1 atom stereocenters. The predicted octanol–water partition coefficient (Wildman–Crippen LogP) is 3.19. The van der Waals surface area contributed by atoms with Gasteiger partial charge in [0.1, 0.15) is 0 Å². The Kier molecular flexibility index (Phi) is 5.38. The third-order valence-electron chi connectivity index (χ3n) is 5.50. The first-order valence-electron chi connectivity index (χ1n) is 9.48. The fourth-order valence-electron chi connectivity index (χ4n) is 4.15. The van der Waals surface area contributed by atoms with Gasteiger partial charge in [0.25, 0.3) is 0 Å². The molecule has 0 radical (unpaired) electrons. The third kappa shape index (κ3) is 3.70. The first-order valence-corrected chi connectivity index (χ1v) is 10.4. The van der Waals surface area contributed by atoms with Crippen LogP contribution >= 0.6 is 11.3 Å². The molecule has 26 heavy (non-hydrogen) atoms. The minimum atomic E-state index is -0.330. The van der Waals surface area contributed by atoms with E-state index in [0.29, 0.717) is 19.1 Å². The van der Waals surface area contributed by atoms with Gasteiger partial charge in [-0.15, -0.1) is 11.3 Å². The number of hydrogen-bond acceptors (Lipinski definition) is 4. The Hall–Kier alpha value is -1.69. The third-order valence-corrected chi connectivity index (χ3v) is 6.42. The van der Waals surface area contributed by atoms with Crippen molar-refractivity contribution >= 4 is 17.2 Å². The van der Waals surface area contributed by atoms with E-state index in [-0.39, 0.29) is 5.41 Å². The van der Waals surface area contributed by atoms with Crippen molar-refractivity contribution in [2.45, 2.75) is 19.3 Å². The van der Waals surface area contributed by atoms with Crippen molar-refractivity contribution in [3.05, 3.63) is 47.3 Å². The van der Waals surface area contributed by atoms with Crippen molar-refractivity contribution in [3.8, 4) is 10.4 Å². The van der Waals surface area contributed by atoms with Gasteiger partial charge in [-0.1, -0.05) is 30.3 Å². The highest BCUT2D eigenvalue weighted by Gasteiger charge is 2.42. The van der Waals surface area contributed by atoms with E-state index in [1.165, 1.54) is 16.0 Å². The summed E-state index contributed by atoms with van der Waals surface area (Å²) in [5.41, 5.74) is 2.17. The number of benzene rings is 1. The number of morpholine rings is 1. The summed E-state index contributed by atoms with van der Waals surface area (Å²) in [6.45, 7) is 4.53. The lowest BCUT2D eigenvalue weighted by molar-refractivity contribution is -0.147. The molecule has 138 valence electrons. The Labute approximate surface area is 159 Å². The summed E-state index contributed by atoms with van der Waals surface area (Å²) in [5, 5.41) is 5.59. The average molecular weight is 371 g/mol. The molecule has 1 aromatic heterocycles. The lowest BCUT2D eigenvalue weighted by Crippen LogP contribution is -2.55. The van der Waals surface area contributed by atoms with Crippen LogP contribution in [0, 0.1) is 5.41 Å². The number of nitrogens with one attached hydrogen (secondary N) is 1. The molecule has 1 amide bonds. The highest BCUT2D eigenvalue weighted by atomic mass is 32.1. The molecule has 1 N–H and O–H groups in total. The molecule has 4 nitrogen and oxygen atoms in total. The van der Waals surface area contributed by atoms with Crippen molar-refractivity contribution in [1.29, 1.82) is 0 Å². The molecule has 2 saturated heterocycles. The van der Waals surface area contributed by atoms with Gasteiger partial charge in [0.2, 0.25) is 5.91 Å². The van der Waals surface area contributed by atoms with E-state index in [1.54, 1.807) is 11.3 Å². The molecule has 2 fully saturated rings. The van der Waals surface area contributed by atoms with Crippen molar-refractivity contribution in [1.82, 2.24) is 10.2 Å². The Morgan fingerprint density at radius 1 is 1.23 bits per heavy atom. The minimum Gasteiger partial charge on any atom is -0.378 e. The van der Waals surface area contributed by atoms with Crippen LogP contribution in [0.1, 0.15) is 18.4 Å².